The Hall–Kier alpha value is -0.760. The van der Waals surface area contributed by atoms with Crippen LogP contribution < -0.4 is 4.72 Å². The summed E-state index contributed by atoms with van der Waals surface area (Å²) in [5.74, 6) is 0. The molecule has 2 aliphatic rings. The van der Waals surface area contributed by atoms with Crippen LogP contribution in [0, 0.1) is 5.41 Å². The minimum atomic E-state index is -3.62. The Kier molecular flexibility index (Phi) is 3.28. The van der Waals surface area contributed by atoms with E-state index >= 15 is 0 Å². The zero-order valence-corrected chi connectivity index (χ0v) is 13.4. The van der Waals surface area contributed by atoms with Crippen molar-refractivity contribution in [1.29, 1.82) is 0 Å². The predicted octanol–water partition coefficient (Wildman–Crippen LogP) is 3.10. The van der Waals surface area contributed by atoms with Gasteiger partial charge in [0.05, 0.1) is 11.4 Å². The summed E-state index contributed by atoms with van der Waals surface area (Å²) in [6.07, 6.45) is 0.638. The molecule has 1 aliphatic heterocycles. The number of sulfonamides is 1. The maximum atomic E-state index is 12.5. The zero-order chi connectivity index (χ0) is 14.5. The predicted molar refractivity (Wildman–Crippen MR) is 80.1 cm³/mol. The Labute approximate surface area is 126 Å². The number of hydrogen-bond acceptors (Lipinski definition) is 4. The molecule has 108 valence electrons. The van der Waals surface area contributed by atoms with E-state index in [1.807, 2.05) is 13.8 Å². The van der Waals surface area contributed by atoms with E-state index in [0.717, 1.165) is 11.4 Å². The maximum Gasteiger partial charge on any atom is 0.243 e. The van der Waals surface area contributed by atoms with Crippen molar-refractivity contribution in [1.82, 2.24) is 4.72 Å². The van der Waals surface area contributed by atoms with E-state index in [2.05, 4.69) is 13.4 Å². The average molecular weight is 332 g/mol. The van der Waals surface area contributed by atoms with Gasteiger partial charge in [0.15, 0.2) is 0 Å². The third-order valence-electron chi connectivity index (χ3n) is 3.98. The molecule has 2 unspecified atom stereocenters. The van der Waals surface area contributed by atoms with E-state index in [4.69, 9.17) is 11.6 Å². The second-order valence-electron chi connectivity index (χ2n) is 5.59. The van der Waals surface area contributed by atoms with Crippen LogP contribution in [0.2, 0.25) is 0 Å². The molecule has 1 aliphatic carbocycles. The molecule has 0 spiro atoms. The maximum absolute atomic E-state index is 12.5. The van der Waals surface area contributed by atoms with Crippen LogP contribution in [-0.2, 0) is 21.4 Å². The first-order valence-electron chi connectivity index (χ1n) is 6.20. The Bertz CT molecular complexity index is 739. The number of rotatable bonds is 3. The molecule has 3 rings (SSSR count). The minimum absolute atomic E-state index is 0.00747. The van der Waals surface area contributed by atoms with Crippen molar-refractivity contribution in [2.45, 2.75) is 36.6 Å². The molecule has 1 aromatic rings. The highest BCUT2D eigenvalue weighted by atomic mass is 35.5. The van der Waals surface area contributed by atoms with Crippen LogP contribution in [0.1, 0.15) is 20.3 Å². The number of fused-ring (bicyclic) bond motifs is 1. The summed E-state index contributed by atoms with van der Waals surface area (Å²) in [7, 11) is -3.62. The fourth-order valence-electron chi connectivity index (χ4n) is 2.32. The summed E-state index contributed by atoms with van der Waals surface area (Å²) < 4.78 is 35.9. The first kappa shape index (κ1) is 14.2. The lowest BCUT2D eigenvalue weighted by Gasteiger charge is -2.48. The summed E-state index contributed by atoms with van der Waals surface area (Å²) in [6, 6.07) is 4.82. The van der Waals surface area contributed by atoms with Crippen molar-refractivity contribution >= 4 is 44.4 Å². The highest BCUT2D eigenvalue weighted by Gasteiger charge is 2.49. The van der Waals surface area contributed by atoms with Gasteiger partial charge in [-0.25, -0.2) is 13.1 Å². The Morgan fingerprint density at radius 1 is 1.40 bits per heavy atom. The number of alkyl halides is 1. The number of benzene rings is 1. The monoisotopic (exact) mass is 331 g/mol. The van der Waals surface area contributed by atoms with E-state index in [0.29, 0.717) is 17.8 Å². The quantitative estimate of drug-likeness (QED) is 0.878. The molecule has 8 heteroatoms. The van der Waals surface area contributed by atoms with Crippen molar-refractivity contribution in [3.05, 3.63) is 18.2 Å². The van der Waals surface area contributed by atoms with Crippen molar-refractivity contribution < 1.29 is 8.42 Å². The number of nitrogens with one attached hydrogen (secondary N) is 1. The minimum Gasteiger partial charge on any atom is -0.207 e. The number of hydrogen-bond donors (Lipinski definition) is 1. The van der Waals surface area contributed by atoms with Crippen LogP contribution in [0.25, 0.3) is 0 Å². The van der Waals surface area contributed by atoms with Gasteiger partial charge in [0.2, 0.25) is 10.0 Å². The van der Waals surface area contributed by atoms with Crippen LogP contribution in [0.3, 0.4) is 0 Å². The smallest absolute Gasteiger partial charge is 0.207 e. The van der Waals surface area contributed by atoms with E-state index in [1.54, 1.807) is 18.2 Å². The molecular formula is C12H14ClN3O2S2. The summed E-state index contributed by atoms with van der Waals surface area (Å²) in [4.78, 5) is 0.178. The van der Waals surface area contributed by atoms with Crippen LogP contribution in [-0.4, -0.2) is 19.8 Å². The SMILES string of the molecule is CC1(C)C(Cl)CC1NS(=O)(=O)c1cccc2c1N=S=N2. The Morgan fingerprint density at radius 3 is 2.80 bits per heavy atom. The fourth-order valence-corrected chi connectivity index (χ4v) is 4.82. The van der Waals surface area contributed by atoms with Crippen LogP contribution in [0.15, 0.2) is 31.8 Å². The standard InChI is InChI=1S/C12H14ClN3O2S2/c1-12(2)9(13)6-10(12)16-20(17,18)8-5-3-4-7-11(8)15-19-14-7/h3-5,9-10,16H,6H2,1-2H3. The molecule has 1 heterocycles. The summed E-state index contributed by atoms with van der Waals surface area (Å²) in [6.45, 7) is 3.93. The van der Waals surface area contributed by atoms with Gasteiger partial charge in [-0.1, -0.05) is 19.9 Å². The Morgan fingerprint density at radius 2 is 2.15 bits per heavy atom. The van der Waals surface area contributed by atoms with Gasteiger partial charge < -0.3 is 0 Å². The van der Waals surface area contributed by atoms with Gasteiger partial charge in [-0.2, -0.15) is 8.73 Å². The molecule has 1 fully saturated rings. The molecule has 1 N–H and O–H groups in total. The van der Waals surface area contributed by atoms with Crippen LogP contribution >= 0.6 is 11.6 Å². The molecule has 5 nitrogen and oxygen atoms in total. The first-order valence-corrected chi connectivity index (χ1v) is 8.85. The van der Waals surface area contributed by atoms with Gasteiger partial charge in [0, 0.05) is 11.4 Å². The summed E-state index contributed by atoms with van der Waals surface area (Å²) in [5.41, 5.74) is 0.772. The van der Waals surface area contributed by atoms with Gasteiger partial charge in [-0.3, -0.25) is 0 Å². The lowest BCUT2D eigenvalue weighted by Crippen LogP contribution is -2.59. The third kappa shape index (κ3) is 2.13. The summed E-state index contributed by atoms with van der Waals surface area (Å²) >= 11 is 7.14. The van der Waals surface area contributed by atoms with Crippen LogP contribution in [0.4, 0.5) is 11.4 Å². The van der Waals surface area contributed by atoms with Crippen molar-refractivity contribution in [2.75, 3.05) is 0 Å². The number of nitrogens with zero attached hydrogens (tertiary/aromatic N) is 2. The van der Waals surface area contributed by atoms with E-state index in [9.17, 15) is 8.42 Å². The zero-order valence-electron chi connectivity index (χ0n) is 11.0. The molecule has 1 saturated carbocycles. The molecule has 20 heavy (non-hydrogen) atoms. The third-order valence-corrected chi connectivity index (χ3v) is 6.77. The van der Waals surface area contributed by atoms with Crippen molar-refractivity contribution in [3.8, 4) is 0 Å². The first-order chi connectivity index (χ1) is 9.32. The molecular weight excluding hydrogens is 318 g/mol. The van der Waals surface area contributed by atoms with E-state index < -0.39 is 10.0 Å². The van der Waals surface area contributed by atoms with Gasteiger partial charge >= 0.3 is 0 Å². The molecule has 2 atom stereocenters. The number of halogens is 1. The fraction of sp³-hybridized carbons (Fsp3) is 0.500. The lowest BCUT2D eigenvalue weighted by molar-refractivity contribution is 0.137. The van der Waals surface area contributed by atoms with E-state index in [-0.39, 0.29) is 21.7 Å². The van der Waals surface area contributed by atoms with E-state index in [1.165, 1.54) is 0 Å². The van der Waals surface area contributed by atoms with Gasteiger partial charge in [-0.15, -0.1) is 11.6 Å². The highest BCUT2D eigenvalue weighted by molar-refractivity contribution is 7.89. The topological polar surface area (TPSA) is 70.9 Å². The second kappa shape index (κ2) is 4.62. The van der Waals surface area contributed by atoms with Crippen molar-refractivity contribution in [2.24, 2.45) is 14.1 Å². The summed E-state index contributed by atoms with van der Waals surface area (Å²) in [5, 5.41) is -0.00747. The molecule has 0 bridgehead atoms. The Balaban J connectivity index is 1.91. The molecule has 0 saturated heterocycles. The largest absolute Gasteiger partial charge is 0.243 e. The second-order valence-corrected chi connectivity index (χ2v) is 8.32. The van der Waals surface area contributed by atoms with Crippen molar-refractivity contribution in [3.63, 3.8) is 0 Å². The average Bonchev–Trinajstić information content (AvgIpc) is 2.86. The van der Waals surface area contributed by atoms with Gasteiger partial charge in [0.1, 0.15) is 16.3 Å². The molecule has 0 radical (unpaired) electrons. The van der Waals surface area contributed by atoms with Gasteiger partial charge in [0.25, 0.3) is 0 Å². The normalized spacial score (nSPS) is 26.8. The van der Waals surface area contributed by atoms with Crippen LogP contribution in [0.5, 0.6) is 0 Å². The highest BCUT2D eigenvalue weighted by Crippen LogP contribution is 2.45. The molecule has 0 aromatic heterocycles. The molecule has 0 amide bonds. The molecule has 1 aromatic carbocycles. The lowest BCUT2D eigenvalue weighted by atomic mass is 9.67. The van der Waals surface area contributed by atoms with Gasteiger partial charge in [-0.05, 0) is 24.0 Å².